The van der Waals surface area contributed by atoms with E-state index in [2.05, 4.69) is 46.4 Å². The quantitative estimate of drug-likeness (QED) is 0.713. The summed E-state index contributed by atoms with van der Waals surface area (Å²) < 4.78 is 0. The van der Waals surface area contributed by atoms with Crippen LogP contribution in [0.2, 0.25) is 0 Å². The van der Waals surface area contributed by atoms with Crippen LogP contribution in [0.15, 0.2) is 60.7 Å². The van der Waals surface area contributed by atoms with Gasteiger partial charge in [0.05, 0.1) is 0 Å². The van der Waals surface area contributed by atoms with E-state index in [1.165, 1.54) is 11.1 Å². The predicted octanol–water partition coefficient (Wildman–Crippen LogP) is 4.23. The molecule has 4 rings (SSSR count). The van der Waals surface area contributed by atoms with Gasteiger partial charge in [-0.2, -0.15) is 0 Å². The maximum atomic E-state index is 12.8. The molecule has 1 aromatic heterocycles. The van der Waals surface area contributed by atoms with Crippen molar-refractivity contribution >= 4 is 11.7 Å². The number of aromatic nitrogens is 2. The minimum absolute atomic E-state index is 0.1000. The van der Waals surface area contributed by atoms with E-state index < -0.39 is 0 Å². The Hall–Kier alpha value is -3.21. The number of carbonyl (C=O) groups is 1. The van der Waals surface area contributed by atoms with Crippen LogP contribution in [0.25, 0.3) is 11.4 Å². The minimum atomic E-state index is -0.155. The van der Waals surface area contributed by atoms with Crippen molar-refractivity contribution in [3.63, 3.8) is 0 Å². The second-order valence-electron chi connectivity index (χ2n) is 7.52. The van der Waals surface area contributed by atoms with Crippen molar-refractivity contribution in [1.29, 1.82) is 0 Å². The van der Waals surface area contributed by atoms with Gasteiger partial charge in [-0.15, -0.1) is 0 Å². The lowest BCUT2D eigenvalue weighted by molar-refractivity contribution is 0.0934. The highest BCUT2D eigenvalue weighted by molar-refractivity contribution is 5.93. The highest BCUT2D eigenvalue weighted by Gasteiger charge is 2.21. The monoisotopic (exact) mass is 386 g/mol. The van der Waals surface area contributed by atoms with Gasteiger partial charge in [0.25, 0.3) is 5.91 Å². The van der Waals surface area contributed by atoms with Crippen molar-refractivity contribution in [3.8, 4) is 11.4 Å². The third-order valence-corrected chi connectivity index (χ3v) is 5.42. The summed E-state index contributed by atoms with van der Waals surface area (Å²) >= 11 is 0. The van der Waals surface area contributed by atoms with Gasteiger partial charge in [0.15, 0.2) is 5.82 Å². The van der Waals surface area contributed by atoms with Crippen molar-refractivity contribution in [2.75, 3.05) is 11.4 Å². The highest BCUT2D eigenvalue weighted by Crippen LogP contribution is 2.26. The van der Waals surface area contributed by atoms with Gasteiger partial charge in [-0.3, -0.25) is 4.79 Å². The van der Waals surface area contributed by atoms with Gasteiger partial charge >= 0.3 is 0 Å². The van der Waals surface area contributed by atoms with Gasteiger partial charge in [-0.1, -0.05) is 61.5 Å². The second-order valence-corrected chi connectivity index (χ2v) is 7.52. The van der Waals surface area contributed by atoms with Gasteiger partial charge in [0.1, 0.15) is 11.5 Å². The molecule has 0 saturated heterocycles. The number of nitrogens with one attached hydrogen (secondary N) is 1. The molecule has 1 N–H and O–H groups in total. The molecular formula is C24H26N4O. The fourth-order valence-electron chi connectivity index (χ4n) is 3.52. The average Bonchev–Trinajstić information content (AvgIpc) is 2.78. The zero-order valence-electron chi connectivity index (χ0n) is 16.9. The van der Waals surface area contributed by atoms with Crippen LogP contribution in [0.5, 0.6) is 0 Å². The summed E-state index contributed by atoms with van der Waals surface area (Å²) in [6, 6.07) is 20.3. The molecule has 1 aliphatic heterocycles. The molecule has 3 aromatic rings. The smallest absolute Gasteiger partial charge is 0.270 e. The van der Waals surface area contributed by atoms with Gasteiger partial charge in [-0.05, 0) is 30.9 Å². The maximum absolute atomic E-state index is 12.8. The first-order chi connectivity index (χ1) is 14.1. The van der Waals surface area contributed by atoms with Crippen molar-refractivity contribution in [2.45, 2.75) is 39.3 Å². The number of nitrogens with zero attached hydrogens (tertiary/aromatic N) is 3. The fraction of sp³-hybridized carbons (Fsp3) is 0.292. The van der Waals surface area contributed by atoms with E-state index >= 15 is 0 Å². The van der Waals surface area contributed by atoms with Crippen LogP contribution in [0, 0.1) is 0 Å². The van der Waals surface area contributed by atoms with E-state index in [0.29, 0.717) is 11.5 Å². The molecule has 1 aliphatic rings. The summed E-state index contributed by atoms with van der Waals surface area (Å²) in [6.07, 6.45) is 1.84. The first kappa shape index (κ1) is 19.1. The average molecular weight is 386 g/mol. The number of rotatable bonds is 5. The van der Waals surface area contributed by atoms with E-state index in [-0.39, 0.29) is 11.9 Å². The summed E-state index contributed by atoms with van der Waals surface area (Å²) in [5.41, 5.74) is 4.01. The first-order valence-electron chi connectivity index (χ1n) is 10.2. The zero-order valence-corrected chi connectivity index (χ0v) is 16.9. The molecule has 2 heterocycles. The first-order valence-corrected chi connectivity index (χ1v) is 10.2. The van der Waals surface area contributed by atoms with Crippen molar-refractivity contribution in [2.24, 2.45) is 0 Å². The summed E-state index contributed by atoms with van der Waals surface area (Å²) in [4.78, 5) is 24.4. The Morgan fingerprint density at radius 3 is 2.55 bits per heavy atom. The Morgan fingerprint density at radius 2 is 1.79 bits per heavy atom. The van der Waals surface area contributed by atoms with Gasteiger partial charge in [0.2, 0.25) is 0 Å². The molecule has 0 saturated carbocycles. The molecule has 0 spiro atoms. The van der Waals surface area contributed by atoms with E-state index in [1.54, 1.807) is 0 Å². The van der Waals surface area contributed by atoms with Crippen LogP contribution in [0.1, 0.15) is 41.9 Å². The second kappa shape index (κ2) is 8.43. The third-order valence-electron chi connectivity index (χ3n) is 5.42. The Morgan fingerprint density at radius 1 is 1.07 bits per heavy atom. The number of hydrogen-bond donors (Lipinski definition) is 1. The van der Waals surface area contributed by atoms with Gasteiger partial charge in [-0.25, -0.2) is 9.97 Å². The molecule has 148 valence electrons. The van der Waals surface area contributed by atoms with Gasteiger partial charge in [0, 0.05) is 30.8 Å². The van der Waals surface area contributed by atoms with Crippen LogP contribution >= 0.6 is 0 Å². The Labute approximate surface area is 171 Å². The lowest BCUT2D eigenvalue weighted by atomic mass is 10.00. The summed E-state index contributed by atoms with van der Waals surface area (Å²) in [5.74, 6) is 1.22. The van der Waals surface area contributed by atoms with Crippen molar-refractivity contribution in [1.82, 2.24) is 15.3 Å². The molecule has 0 bridgehead atoms. The fourth-order valence-corrected chi connectivity index (χ4v) is 3.52. The van der Waals surface area contributed by atoms with Crippen molar-refractivity contribution in [3.05, 3.63) is 77.5 Å². The molecule has 29 heavy (non-hydrogen) atoms. The molecular weight excluding hydrogens is 360 g/mol. The molecule has 0 aliphatic carbocycles. The highest BCUT2D eigenvalue weighted by atomic mass is 16.1. The Bertz CT molecular complexity index is 1000. The summed E-state index contributed by atoms with van der Waals surface area (Å²) in [6.45, 7) is 5.71. The standard InChI is InChI=1S/C24H26N4O/c1-3-17(2)25-24(29)21-15-22(27-23(26-21)19-10-5-4-6-11-19)28-14-13-18-9-7-8-12-20(18)16-28/h4-12,15,17H,3,13-14,16H2,1-2H3,(H,25,29). The largest absolute Gasteiger partial charge is 0.352 e. The van der Waals surface area contributed by atoms with Gasteiger partial charge < -0.3 is 10.2 Å². The SMILES string of the molecule is CCC(C)NC(=O)c1cc(N2CCc3ccccc3C2)nc(-c2ccccc2)n1. The number of anilines is 1. The van der Waals surface area contributed by atoms with E-state index in [1.807, 2.05) is 43.3 Å². The molecule has 0 fully saturated rings. The lowest BCUT2D eigenvalue weighted by Crippen LogP contribution is -2.34. The Balaban J connectivity index is 1.71. The summed E-state index contributed by atoms with van der Waals surface area (Å²) in [5, 5.41) is 3.02. The minimum Gasteiger partial charge on any atom is -0.352 e. The molecule has 5 heteroatoms. The van der Waals surface area contributed by atoms with E-state index in [9.17, 15) is 4.79 Å². The number of carbonyl (C=O) groups excluding carboxylic acids is 1. The molecule has 1 unspecified atom stereocenters. The zero-order chi connectivity index (χ0) is 20.2. The molecule has 1 amide bonds. The van der Waals surface area contributed by atoms with Crippen molar-refractivity contribution < 1.29 is 4.79 Å². The topological polar surface area (TPSA) is 58.1 Å². The number of amides is 1. The molecule has 0 radical (unpaired) electrons. The normalized spacial score (nSPS) is 14.2. The predicted molar refractivity (Wildman–Crippen MR) is 116 cm³/mol. The van der Waals surface area contributed by atoms with E-state index in [0.717, 1.165) is 37.3 Å². The van der Waals surface area contributed by atoms with Crippen LogP contribution < -0.4 is 10.2 Å². The van der Waals surface area contributed by atoms with Crippen LogP contribution in [0.4, 0.5) is 5.82 Å². The molecule has 1 atom stereocenters. The number of benzene rings is 2. The Kier molecular flexibility index (Phi) is 5.56. The van der Waals surface area contributed by atoms with E-state index in [4.69, 9.17) is 4.98 Å². The lowest BCUT2D eigenvalue weighted by Gasteiger charge is -2.30. The molecule has 2 aromatic carbocycles. The summed E-state index contributed by atoms with van der Waals surface area (Å²) in [7, 11) is 0. The number of hydrogen-bond acceptors (Lipinski definition) is 4. The van der Waals surface area contributed by atoms with Crippen LogP contribution in [-0.4, -0.2) is 28.5 Å². The number of fused-ring (bicyclic) bond motifs is 1. The van der Waals surface area contributed by atoms with Crippen LogP contribution in [0.3, 0.4) is 0 Å². The molecule has 5 nitrogen and oxygen atoms in total. The third kappa shape index (κ3) is 4.29. The maximum Gasteiger partial charge on any atom is 0.270 e. The van der Waals surface area contributed by atoms with Crippen LogP contribution in [-0.2, 0) is 13.0 Å².